The summed E-state index contributed by atoms with van der Waals surface area (Å²) in [6, 6.07) is 8.68. The molecule has 2 aromatic rings. The molecule has 20 heavy (non-hydrogen) atoms. The maximum Gasteiger partial charge on any atom is 0.137 e. The fourth-order valence-electron chi connectivity index (χ4n) is 2.05. The van der Waals surface area contributed by atoms with Crippen molar-refractivity contribution < 1.29 is 13.5 Å². The molecule has 1 unspecified atom stereocenters. The first-order valence-corrected chi connectivity index (χ1v) is 7.21. The molecule has 0 saturated carbocycles. The normalized spacial score (nSPS) is 12.6. The largest absolute Gasteiger partial charge is 0.462 e. The van der Waals surface area contributed by atoms with Crippen molar-refractivity contribution in [3.8, 4) is 0 Å². The van der Waals surface area contributed by atoms with Crippen molar-refractivity contribution in [1.29, 1.82) is 0 Å². The summed E-state index contributed by atoms with van der Waals surface area (Å²) in [6.45, 7) is 3.18. The fourth-order valence-corrected chi connectivity index (χ4v) is 2.29. The average molecular weight is 342 g/mol. The molecule has 0 amide bonds. The van der Waals surface area contributed by atoms with Gasteiger partial charge < -0.3 is 14.5 Å². The van der Waals surface area contributed by atoms with Crippen molar-refractivity contribution >= 4 is 15.9 Å². The van der Waals surface area contributed by atoms with Crippen LogP contribution in [-0.2, 0) is 11.3 Å². The molecule has 1 atom stereocenters. The van der Waals surface area contributed by atoms with Gasteiger partial charge in [-0.05, 0) is 52.3 Å². The molecule has 0 aliphatic heterocycles. The van der Waals surface area contributed by atoms with Crippen LogP contribution in [0.3, 0.4) is 0 Å². The number of hydrogen-bond donors (Lipinski definition) is 1. The monoisotopic (exact) mass is 341 g/mol. The Kier molecular flexibility index (Phi) is 5.34. The van der Waals surface area contributed by atoms with Gasteiger partial charge in [0.15, 0.2) is 0 Å². The van der Waals surface area contributed by atoms with Crippen molar-refractivity contribution in [2.75, 3.05) is 13.7 Å². The lowest BCUT2D eigenvalue weighted by Crippen LogP contribution is -2.21. The zero-order valence-corrected chi connectivity index (χ0v) is 13.0. The molecule has 1 N–H and O–H groups in total. The van der Waals surface area contributed by atoms with Crippen molar-refractivity contribution in [2.45, 2.75) is 19.6 Å². The Hall–Kier alpha value is -1.17. The molecule has 0 aliphatic carbocycles. The summed E-state index contributed by atoms with van der Waals surface area (Å²) in [4.78, 5) is 0. The number of furan rings is 1. The molecule has 0 saturated heterocycles. The van der Waals surface area contributed by atoms with Gasteiger partial charge in [0.2, 0.25) is 0 Å². The second-order valence-electron chi connectivity index (χ2n) is 4.40. The van der Waals surface area contributed by atoms with Crippen LogP contribution in [0.2, 0.25) is 0 Å². The van der Waals surface area contributed by atoms with E-state index in [0.29, 0.717) is 11.1 Å². The van der Waals surface area contributed by atoms with E-state index in [1.807, 2.05) is 25.1 Å². The van der Waals surface area contributed by atoms with Crippen molar-refractivity contribution in [2.24, 2.45) is 0 Å². The van der Waals surface area contributed by atoms with E-state index >= 15 is 0 Å². The maximum atomic E-state index is 13.7. The van der Waals surface area contributed by atoms with Crippen LogP contribution in [0.5, 0.6) is 0 Å². The summed E-state index contributed by atoms with van der Waals surface area (Å²) in [5.41, 5.74) is 0.825. The minimum atomic E-state index is -0.283. The molecular weight excluding hydrogens is 325 g/mol. The number of nitrogens with one attached hydrogen (secondary N) is 1. The van der Waals surface area contributed by atoms with Crippen LogP contribution in [-0.4, -0.2) is 13.7 Å². The zero-order chi connectivity index (χ0) is 14.5. The fraction of sp³-hybridized carbons (Fsp3) is 0.333. The molecule has 0 fully saturated rings. The van der Waals surface area contributed by atoms with E-state index in [1.54, 1.807) is 13.2 Å². The third-order valence-corrected chi connectivity index (χ3v) is 3.58. The van der Waals surface area contributed by atoms with Crippen LogP contribution in [0.15, 0.2) is 39.2 Å². The van der Waals surface area contributed by atoms with E-state index in [9.17, 15) is 4.39 Å². The SMILES string of the molecule is CCNC(c1ccc(Br)c(F)c1)c1ccc(COC)o1. The van der Waals surface area contributed by atoms with E-state index in [-0.39, 0.29) is 11.9 Å². The van der Waals surface area contributed by atoms with Crippen LogP contribution >= 0.6 is 15.9 Å². The molecule has 108 valence electrons. The van der Waals surface area contributed by atoms with Gasteiger partial charge in [-0.1, -0.05) is 13.0 Å². The van der Waals surface area contributed by atoms with E-state index < -0.39 is 0 Å². The van der Waals surface area contributed by atoms with Crippen molar-refractivity contribution in [3.63, 3.8) is 0 Å². The zero-order valence-electron chi connectivity index (χ0n) is 11.5. The smallest absolute Gasteiger partial charge is 0.137 e. The molecule has 2 rings (SSSR count). The quantitative estimate of drug-likeness (QED) is 0.861. The highest BCUT2D eigenvalue weighted by Crippen LogP contribution is 2.27. The highest BCUT2D eigenvalue weighted by atomic mass is 79.9. The van der Waals surface area contributed by atoms with Crippen LogP contribution in [0.25, 0.3) is 0 Å². The van der Waals surface area contributed by atoms with E-state index in [0.717, 1.165) is 23.6 Å². The number of methoxy groups -OCH3 is 1. The minimum Gasteiger partial charge on any atom is -0.462 e. The van der Waals surface area contributed by atoms with Crippen LogP contribution < -0.4 is 5.32 Å². The van der Waals surface area contributed by atoms with Gasteiger partial charge in [-0.2, -0.15) is 0 Å². The van der Waals surface area contributed by atoms with E-state index in [2.05, 4.69) is 21.2 Å². The Morgan fingerprint density at radius 1 is 1.35 bits per heavy atom. The van der Waals surface area contributed by atoms with E-state index in [4.69, 9.17) is 9.15 Å². The molecule has 0 radical (unpaired) electrons. The maximum absolute atomic E-state index is 13.7. The van der Waals surface area contributed by atoms with Gasteiger partial charge >= 0.3 is 0 Å². The Bertz CT molecular complexity index is 571. The lowest BCUT2D eigenvalue weighted by molar-refractivity contribution is 0.162. The molecule has 0 spiro atoms. The Morgan fingerprint density at radius 2 is 2.15 bits per heavy atom. The van der Waals surface area contributed by atoms with Crippen LogP contribution in [0.1, 0.15) is 30.0 Å². The minimum absolute atomic E-state index is 0.173. The van der Waals surface area contributed by atoms with Gasteiger partial charge in [0.1, 0.15) is 23.9 Å². The third kappa shape index (κ3) is 3.48. The van der Waals surface area contributed by atoms with Gasteiger partial charge in [0.05, 0.1) is 10.5 Å². The van der Waals surface area contributed by atoms with Gasteiger partial charge in [-0.3, -0.25) is 0 Å². The standard InChI is InChI=1S/C15H17BrFNO2/c1-3-18-15(10-4-6-12(16)13(17)8-10)14-7-5-11(20-14)9-19-2/h4-8,15,18H,3,9H2,1-2H3. The van der Waals surface area contributed by atoms with E-state index in [1.165, 1.54) is 6.07 Å². The molecule has 0 bridgehead atoms. The Morgan fingerprint density at radius 3 is 2.80 bits per heavy atom. The lowest BCUT2D eigenvalue weighted by Gasteiger charge is -2.16. The van der Waals surface area contributed by atoms with Crippen molar-refractivity contribution in [1.82, 2.24) is 5.32 Å². The molecular formula is C15H17BrFNO2. The summed E-state index contributed by atoms with van der Waals surface area (Å²) in [7, 11) is 1.62. The molecule has 1 aromatic carbocycles. The Balaban J connectivity index is 2.31. The molecule has 0 aliphatic rings. The van der Waals surface area contributed by atoms with Gasteiger partial charge in [0.25, 0.3) is 0 Å². The number of halogens is 2. The van der Waals surface area contributed by atoms with Gasteiger partial charge in [-0.15, -0.1) is 0 Å². The highest BCUT2D eigenvalue weighted by Gasteiger charge is 2.18. The predicted octanol–water partition coefficient (Wildman–Crippen LogP) is 4.03. The predicted molar refractivity (Wildman–Crippen MR) is 79.0 cm³/mol. The van der Waals surface area contributed by atoms with Crippen LogP contribution in [0, 0.1) is 5.82 Å². The number of hydrogen-bond acceptors (Lipinski definition) is 3. The first-order chi connectivity index (χ1) is 9.65. The molecule has 1 aromatic heterocycles. The van der Waals surface area contributed by atoms with Crippen LogP contribution in [0.4, 0.5) is 4.39 Å². The molecule has 5 heteroatoms. The Labute approximate surface area is 126 Å². The van der Waals surface area contributed by atoms with Gasteiger partial charge in [0, 0.05) is 7.11 Å². The number of rotatable bonds is 6. The van der Waals surface area contributed by atoms with Gasteiger partial charge in [-0.25, -0.2) is 4.39 Å². The lowest BCUT2D eigenvalue weighted by atomic mass is 10.0. The summed E-state index contributed by atoms with van der Waals surface area (Å²) >= 11 is 3.16. The second kappa shape index (κ2) is 7.02. The highest BCUT2D eigenvalue weighted by molar-refractivity contribution is 9.10. The first kappa shape index (κ1) is 15.2. The molecule has 1 heterocycles. The summed E-state index contributed by atoms with van der Waals surface area (Å²) in [5.74, 6) is 1.22. The third-order valence-electron chi connectivity index (χ3n) is 2.94. The topological polar surface area (TPSA) is 34.4 Å². The molecule has 3 nitrogen and oxygen atoms in total. The summed E-state index contributed by atoms with van der Waals surface area (Å²) in [5, 5.41) is 3.30. The first-order valence-electron chi connectivity index (χ1n) is 6.41. The van der Waals surface area contributed by atoms with Crippen molar-refractivity contribution in [3.05, 3.63) is 57.7 Å². The second-order valence-corrected chi connectivity index (χ2v) is 5.26. The average Bonchev–Trinajstić information content (AvgIpc) is 2.88. The number of ether oxygens (including phenoxy) is 1. The summed E-state index contributed by atoms with van der Waals surface area (Å²) in [6.07, 6.45) is 0. The number of benzene rings is 1. The summed E-state index contributed by atoms with van der Waals surface area (Å²) < 4.78 is 24.9.